The average molecular weight is 470 g/mol. The molecule has 0 bridgehead atoms. The summed E-state index contributed by atoms with van der Waals surface area (Å²) in [6.07, 6.45) is 8.98. The maximum atomic E-state index is 12.4. The van der Waals surface area contributed by atoms with Crippen LogP contribution in [0.2, 0.25) is 5.02 Å². The summed E-state index contributed by atoms with van der Waals surface area (Å²) >= 11 is 6.27. The normalized spacial score (nSPS) is 31.7. The number of amides is 1. The predicted molar refractivity (Wildman–Crippen MR) is 128 cm³/mol. The van der Waals surface area contributed by atoms with Gasteiger partial charge >= 0.3 is 6.01 Å². The number of oxime groups is 1. The van der Waals surface area contributed by atoms with Crippen LogP contribution in [-0.2, 0) is 11.2 Å². The number of aryl methyl sites for hydroxylation is 2. The highest BCUT2D eigenvalue weighted by Gasteiger charge is 2.57. The first-order valence-corrected chi connectivity index (χ1v) is 12.5. The van der Waals surface area contributed by atoms with E-state index in [-0.39, 0.29) is 17.3 Å². The Kier molecular flexibility index (Phi) is 5.98. The van der Waals surface area contributed by atoms with Gasteiger partial charge in [-0.3, -0.25) is 10.1 Å². The van der Waals surface area contributed by atoms with Crippen molar-refractivity contribution in [2.75, 3.05) is 5.32 Å². The van der Waals surface area contributed by atoms with Crippen LogP contribution < -0.4 is 5.32 Å². The Balaban J connectivity index is 1.30. The minimum absolute atomic E-state index is 0.0532. The van der Waals surface area contributed by atoms with Gasteiger partial charge in [-0.15, -0.1) is 0 Å². The number of benzene rings is 1. The molecule has 6 nitrogen and oxygen atoms in total. The van der Waals surface area contributed by atoms with Gasteiger partial charge in [-0.05, 0) is 98.8 Å². The van der Waals surface area contributed by atoms with E-state index in [0.717, 1.165) is 55.7 Å². The van der Waals surface area contributed by atoms with Gasteiger partial charge in [-0.25, -0.2) is 4.98 Å². The zero-order valence-electron chi connectivity index (χ0n) is 19.3. The number of hydrogen-bond donors (Lipinski definition) is 2. The lowest BCUT2D eigenvalue weighted by molar-refractivity contribution is -0.116. The van der Waals surface area contributed by atoms with Gasteiger partial charge in [0, 0.05) is 16.9 Å². The van der Waals surface area contributed by atoms with Gasteiger partial charge in [-0.2, -0.15) is 0 Å². The van der Waals surface area contributed by atoms with E-state index in [0.29, 0.717) is 35.9 Å². The van der Waals surface area contributed by atoms with E-state index in [2.05, 4.69) is 34.5 Å². The Bertz CT molecular complexity index is 1080. The van der Waals surface area contributed by atoms with E-state index >= 15 is 0 Å². The first-order valence-electron chi connectivity index (χ1n) is 12.1. The Morgan fingerprint density at radius 1 is 1.39 bits per heavy atom. The summed E-state index contributed by atoms with van der Waals surface area (Å²) in [5, 5.41) is 17.2. The fourth-order valence-corrected chi connectivity index (χ4v) is 7.37. The van der Waals surface area contributed by atoms with Crippen LogP contribution >= 0.6 is 11.6 Å². The number of halogens is 1. The van der Waals surface area contributed by atoms with Crippen molar-refractivity contribution in [3.05, 3.63) is 46.3 Å². The van der Waals surface area contributed by atoms with Crippen LogP contribution in [0.5, 0.6) is 0 Å². The molecule has 2 N–H and O–H groups in total. The minimum atomic E-state index is -0.0707. The molecule has 1 aromatic carbocycles. The third-order valence-electron chi connectivity index (χ3n) is 8.53. The van der Waals surface area contributed by atoms with Crippen molar-refractivity contribution in [1.29, 1.82) is 0 Å². The van der Waals surface area contributed by atoms with E-state index in [9.17, 15) is 10.0 Å². The van der Waals surface area contributed by atoms with Crippen molar-refractivity contribution in [2.24, 2.45) is 28.3 Å². The molecule has 33 heavy (non-hydrogen) atoms. The van der Waals surface area contributed by atoms with Crippen molar-refractivity contribution in [2.45, 2.75) is 71.1 Å². The molecule has 176 valence electrons. The van der Waals surface area contributed by atoms with Gasteiger partial charge < -0.3 is 9.62 Å². The minimum Gasteiger partial charge on any atom is -0.429 e. The molecule has 1 aromatic heterocycles. The molecule has 3 aliphatic carbocycles. The molecule has 2 saturated carbocycles. The number of aromatic nitrogens is 1. The predicted octanol–water partition coefficient (Wildman–Crippen LogP) is 6.36. The van der Waals surface area contributed by atoms with Crippen LogP contribution in [0.25, 0.3) is 0 Å². The van der Waals surface area contributed by atoms with Crippen molar-refractivity contribution >= 4 is 29.2 Å². The fourth-order valence-electron chi connectivity index (χ4n) is 7.17. The van der Waals surface area contributed by atoms with Crippen molar-refractivity contribution in [3.8, 4) is 0 Å². The van der Waals surface area contributed by atoms with Gasteiger partial charge in [0.2, 0.25) is 5.91 Å². The second kappa shape index (κ2) is 8.79. The lowest BCUT2D eigenvalue weighted by atomic mass is 9.54. The molecule has 5 rings (SSSR count). The quantitative estimate of drug-likeness (QED) is 0.394. The average Bonchev–Trinajstić information content (AvgIpc) is 3.32. The topological polar surface area (TPSA) is 87.7 Å². The molecule has 0 radical (unpaired) electrons. The Morgan fingerprint density at radius 2 is 2.24 bits per heavy atom. The van der Waals surface area contributed by atoms with Gasteiger partial charge in [-0.1, -0.05) is 29.7 Å². The highest BCUT2D eigenvalue weighted by Crippen LogP contribution is 2.62. The van der Waals surface area contributed by atoms with E-state index in [1.54, 1.807) is 13.1 Å². The highest BCUT2D eigenvalue weighted by molar-refractivity contribution is 6.30. The number of carbonyl (C=O) groups excluding carboxylic acids is 1. The summed E-state index contributed by atoms with van der Waals surface area (Å²) in [7, 11) is 0. The summed E-state index contributed by atoms with van der Waals surface area (Å²) in [6.45, 7) is 4.10. The largest absolute Gasteiger partial charge is 0.429 e. The monoisotopic (exact) mass is 469 g/mol. The molecule has 3 unspecified atom stereocenters. The first-order chi connectivity index (χ1) is 15.9. The Morgan fingerprint density at radius 3 is 3.00 bits per heavy atom. The smallest absolute Gasteiger partial charge is 0.301 e. The second-order valence-electron chi connectivity index (χ2n) is 10.4. The number of nitrogens with one attached hydrogen (secondary N) is 1. The van der Waals surface area contributed by atoms with Gasteiger partial charge in [0.25, 0.3) is 0 Å². The molecule has 2 aromatic rings. The number of fused-ring (bicyclic) bond motifs is 5. The maximum absolute atomic E-state index is 12.4. The third-order valence-corrected chi connectivity index (χ3v) is 8.76. The van der Waals surface area contributed by atoms with Crippen LogP contribution in [0, 0.1) is 30.1 Å². The molecule has 0 spiro atoms. The molecule has 1 heterocycles. The number of hydrogen-bond acceptors (Lipinski definition) is 5. The van der Waals surface area contributed by atoms with Crippen LogP contribution in [-0.4, -0.2) is 21.8 Å². The third kappa shape index (κ3) is 4.07. The molecule has 1 amide bonds. The van der Waals surface area contributed by atoms with Crippen LogP contribution in [0.1, 0.15) is 74.7 Å². The van der Waals surface area contributed by atoms with Crippen molar-refractivity contribution in [3.63, 3.8) is 0 Å². The standard InChI is InChI=1S/C26H32ClN3O3/c1-15-14-28-25(33-15)29-23(31)5-3-4-17-13-22(30-32)26(2)11-10-20-19-9-7-18(27)12-16(19)6-8-21(20)24(17)26/h7,9,12,14,17,20-21,24,32H,3-6,8,10-11,13H2,1-2H3,(H,28,29,31)/b30-22+/t17-,20?,21?,24?,26-/m1/s1. The summed E-state index contributed by atoms with van der Waals surface area (Å²) in [4.78, 5) is 16.4. The number of rotatable bonds is 5. The van der Waals surface area contributed by atoms with E-state index in [1.165, 1.54) is 11.1 Å². The fraction of sp³-hybridized carbons (Fsp3) is 0.577. The molecule has 5 atom stereocenters. The number of oxazole rings is 1. The first kappa shape index (κ1) is 22.5. The summed E-state index contributed by atoms with van der Waals surface area (Å²) in [5.41, 5.74) is 3.77. The lowest BCUT2D eigenvalue weighted by Crippen LogP contribution is -2.44. The molecule has 2 fully saturated rings. The van der Waals surface area contributed by atoms with Crippen LogP contribution in [0.3, 0.4) is 0 Å². The van der Waals surface area contributed by atoms with Crippen molar-refractivity contribution in [1.82, 2.24) is 4.98 Å². The molecule has 0 aliphatic heterocycles. The van der Waals surface area contributed by atoms with Gasteiger partial charge in [0.15, 0.2) is 0 Å². The zero-order valence-corrected chi connectivity index (χ0v) is 20.1. The molecular formula is C26H32ClN3O3. The second-order valence-corrected chi connectivity index (χ2v) is 10.8. The van der Waals surface area contributed by atoms with E-state index < -0.39 is 0 Å². The summed E-state index contributed by atoms with van der Waals surface area (Å²) in [6, 6.07) is 6.66. The number of nitrogens with zero attached hydrogens (tertiary/aromatic N) is 2. The van der Waals surface area contributed by atoms with Crippen molar-refractivity contribution < 1.29 is 14.4 Å². The Hall–Kier alpha value is -2.34. The van der Waals surface area contributed by atoms with E-state index in [1.807, 2.05) is 6.07 Å². The molecular weight excluding hydrogens is 438 g/mol. The number of carbonyl (C=O) groups is 1. The molecule has 0 saturated heterocycles. The Labute approximate surface area is 199 Å². The molecule has 7 heteroatoms. The summed E-state index contributed by atoms with van der Waals surface area (Å²) in [5.74, 6) is 2.63. The SMILES string of the molecule is Cc1cnc(NC(=O)CCC[C@@H]2C/C(=N\O)[C@@]3(C)CCC4c5ccc(Cl)cc5CCC4C23)o1. The number of anilines is 1. The van der Waals surface area contributed by atoms with Gasteiger partial charge in [0.05, 0.1) is 11.9 Å². The van der Waals surface area contributed by atoms with Crippen LogP contribution in [0.4, 0.5) is 6.01 Å². The van der Waals surface area contributed by atoms with Crippen LogP contribution in [0.15, 0.2) is 34.0 Å². The van der Waals surface area contributed by atoms with E-state index in [4.69, 9.17) is 16.0 Å². The highest BCUT2D eigenvalue weighted by atomic mass is 35.5. The van der Waals surface area contributed by atoms with Gasteiger partial charge in [0.1, 0.15) is 5.76 Å². The maximum Gasteiger partial charge on any atom is 0.301 e. The molecule has 3 aliphatic rings. The lowest BCUT2D eigenvalue weighted by Gasteiger charge is -2.50. The zero-order chi connectivity index (χ0) is 23.2. The summed E-state index contributed by atoms with van der Waals surface area (Å²) < 4.78 is 5.35.